The Morgan fingerprint density at radius 1 is 1.45 bits per heavy atom. The molecule has 10 heteroatoms. The van der Waals surface area contributed by atoms with Crippen LogP contribution >= 0.6 is 23.6 Å². The van der Waals surface area contributed by atoms with Gasteiger partial charge in [-0.05, 0) is 56.2 Å². The number of ether oxygens (including phenoxy) is 3. The third kappa shape index (κ3) is 4.85. The number of aliphatic imine (C=N–C) groups is 2. The molecule has 4 rings (SSSR count). The third-order valence-corrected chi connectivity index (χ3v) is 6.05. The second-order valence-corrected chi connectivity index (χ2v) is 8.48. The molecule has 0 bridgehead atoms. The number of benzene rings is 1. The first-order chi connectivity index (χ1) is 15.1. The molecule has 1 saturated heterocycles. The van der Waals surface area contributed by atoms with Crippen molar-refractivity contribution in [3.05, 3.63) is 39.0 Å². The highest BCUT2D eigenvalue weighted by Gasteiger charge is 2.24. The lowest BCUT2D eigenvalue weighted by Gasteiger charge is -2.10. The lowest BCUT2D eigenvalue weighted by Crippen LogP contribution is -2.14. The Morgan fingerprint density at radius 2 is 2.26 bits per heavy atom. The van der Waals surface area contributed by atoms with Gasteiger partial charge in [0.05, 0.1) is 29.8 Å². The maximum absolute atomic E-state index is 10.6. The number of nitrogens with zero attached hydrogens (tertiary/aromatic N) is 4. The van der Waals surface area contributed by atoms with Gasteiger partial charge in [-0.3, -0.25) is 4.57 Å². The second kappa shape index (κ2) is 9.43. The van der Waals surface area contributed by atoms with E-state index in [1.54, 1.807) is 34.9 Å². The van der Waals surface area contributed by atoms with Crippen molar-refractivity contribution in [3.63, 3.8) is 0 Å². The van der Waals surface area contributed by atoms with Crippen molar-refractivity contribution in [1.29, 1.82) is 5.26 Å². The van der Waals surface area contributed by atoms with Crippen LogP contribution in [0.15, 0.2) is 40.1 Å². The van der Waals surface area contributed by atoms with E-state index in [2.05, 4.69) is 9.98 Å². The largest absolute Gasteiger partial charge is 0.494 e. The summed E-state index contributed by atoms with van der Waals surface area (Å²) in [6.07, 6.45) is 3.56. The van der Waals surface area contributed by atoms with Crippen molar-refractivity contribution in [2.75, 3.05) is 13.2 Å². The molecule has 2 aromatic rings. The number of hydrogen-bond acceptors (Lipinski definition) is 9. The first-order valence-corrected chi connectivity index (χ1v) is 11.0. The lowest BCUT2D eigenvalue weighted by atomic mass is 10.2. The molecule has 0 spiro atoms. The van der Waals surface area contributed by atoms with E-state index in [1.165, 1.54) is 11.3 Å². The van der Waals surface area contributed by atoms with Gasteiger partial charge >= 0.3 is 0 Å². The van der Waals surface area contributed by atoms with Gasteiger partial charge in [0, 0.05) is 12.7 Å². The fraction of sp³-hybridized carbons (Fsp3) is 0.333. The van der Waals surface area contributed by atoms with Gasteiger partial charge < -0.3 is 19.3 Å². The summed E-state index contributed by atoms with van der Waals surface area (Å²) in [5.74, 6) is 1.03. The summed E-state index contributed by atoms with van der Waals surface area (Å²) in [5.41, 5.74) is 0.658. The monoisotopic (exact) mass is 456 g/mol. The molecule has 1 N–H and O–H groups in total. The molecule has 31 heavy (non-hydrogen) atoms. The molecule has 0 radical (unpaired) electrons. The summed E-state index contributed by atoms with van der Waals surface area (Å²) in [6, 6.07) is 9.10. The number of nitriles is 1. The zero-order valence-corrected chi connectivity index (χ0v) is 18.4. The molecule has 1 aromatic heterocycles. The van der Waals surface area contributed by atoms with E-state index in [-0.39, 0.29) is 29.5 Å². The van der Waals surface area contributed by atoms with Gasteiger partial charge in [-0.2, -0.15) is 10.3 Å². The number of hydrogen-bond donors (Lipinski definition) is 1. The van der Waals surface area contributed by atoms with Crippen LogP contribution in [-0.4, -0.2) is 40.6 Å². The van der Waals surface area contributed by atoms with Gasteiger partial charge in [0.15, 0.2) is 3.95 Å². The van der Waals surface area contributed by atoms with Gasteiger partial charge in [-0.1, -0.05) is 0 Å². The fourth-order valence-corrected chi connectivity index (χ4v) is 4.46. The molecule has 2 aliphatic rings. The van der Waals surface area contributed by atoms with Gasteiger partial charge in [0.1, 0.15) is 11.8 Å². The van der Waals surface area contributed by atoms with Gasteiger partial charge in [-0.25, -0.2) is 4.99 Å². The Balaban J connectivity index is 1.55. The molecular formula is C21H20N4O4S2. The minimum atomic E-state index is 0.0345. The molecule has 3 heterocycles. The zero-order chi connectivity index (χ0) is 21.8. The number of rotatable bonds is 6. The molecule has 1 atom stereocenters. The smallest absolute Gasteiger partial charge is 0.258 e. The van der Waals surface area contributed by atoms with E-state index >= 15 is 0 Å². The topological polar surface area (TPSA) is 101 Å². The van der Waals surface area contributed by atoms with E-state index in [1.807, 2.05) is 13.0 Å². The van der Waals surface area contributed by atoms with Crippen LogP contribution < -0.4 is 4.74 Å². The summed E-state index contributed by atoms with van der Waals surface area (Å²) in [5, 5.41) is 20.0. The standard InChI is InChI=1S/C21H20N4O4S2/c1-2-27-14-7-5-13(6-8-14)23-19-16(11-22)24-18(29-19)10-17-20(26)25(21(30)31-17)12-15-4-3-9-28-15/h5-8,10,15,26H,2-4,9,12H2,1H3/t15-/m0/s1. The molecule has 2 aliphatic heterocycles. The van der Waals surface area contributed by atoms with E-state index < -0.39 is 0 Å². The Kier molecular flexibility index (Phi) is 6.46. The van der Waals surface area contributed by atoms with Crippen molar-refractivity contribution in [3.8, 4) is 17.7 Å². The van der Waals surface area contributed by atoms with Crippen molar-refractivity contribution < 1.29 is 19.3 Å². The van der Waals surface area contributed by atoms with Crippen LogP contribution in [0.2, 0.25) is 0 Å². The van der Waals surface area contributed by atoms with Gasteiger partial charge in [-0.15, -0.1) is 11.3 Å². The van der Waals surface area contributed by atoms with Crippen molar-refractivity contribution >= 4 is 46.9 Å². The van der Waals surface area contributed by atoms with Crippen molar-refractivity contribution in [1.82, 2.24) is 4.57 Å². The molecule has 1 aromatic carbocycles. The van der Waals surface area contributed by atoms with E-state index in [9.17, 15) is 10.4 Å². The number of aromatic nitrogens is 1. The minimum Gasteiger partial charge on any atom is -0.494 e. The average Bonchev–Trinajstić information content (AvgIpc) is 3.47. The van der Waals surface area contributed by atoms with Crippen LogP contribution in [0.3, 0.4) is 0 Å². The first-order valence-electron chi connectivity index (χ1n) is 9.82. The van der Waals surface area contributed by atoms with E-state index in [4.69, 9.17) is 26.4 Å². The van der Waals surface area contributed by atoms with Gasteiger partial charge in [0.25, 0.3) is 5.90 Å². The molecule has 160 valence electrons. The Morgan fingerprint density at radius 3 is 2.94 bits per heavy atom. The molecule has 0 unspecified atom stereocenters. The zero-order valence-electron chi connectivity index (χ0n) is 16.8. The highest BCUT2D eigenvalue weighted by molar-refractivity contribution is 7.73. The third-order valence-electron chi connectivity index (χ3n) is 4.67. The molecule has 8 nitrogen and oxygen atoms in total. The number of thiazole rings is 1. The Labute approximate surface area is 188 Å². The normalized spacial score (nSPS) is 20.6. The number of aromatic hydroxyl groups is 1. The van der Waals surface area contributed by atoms with Crippen LogP contribution in [0.25, 0.3) is 6.08 Å². The fourth-order valence-electron chi connectivity index (χ4n) is 3.21. The van der Waals surface area contributed by atoms with E-state index in [0.717, 1.165) is 25.2 Å². The summed E-state index contributed by atoms with van der Waals surface area (Å²) in [4.78, 5) is 9.04. The van der Waals surface area contributed by atoms with Crippen LogP contribution in [0.1, 0.15) is 24.6 Å². The predicted molar refractivity (Wildman–Crippen MR) is 121 cm³/mol. The summed E-state index contributed by atoms with van der Waals surface area (Å²) in [7, 11) is 0. The maximum atomic E-state index is 10.6. The van der Waals surface area contributed by atoms with E-state index in [0.29, 0.717) is 27.7 Å². The maximum Gasteiger partial charge on any atom is 0.258 e. The molecule has 0 amide bonds. The van der Waals surface area contributed by atoms with Crippen LogP contribution in [0.5, 0.6) is 11.6 Å². The Bertz CT molecular complexity index is 1150. The second-order valence-electron chi connectivity index (χ2n) is 6.80. The summed E-state index contributed by atoms with van der Waals surface area (Å²) >= 11 is 6.64. The van der Waals surface area contributed by atoms with Gasteiger partial charge in [0.2, 0.25) is 17.5 Å². The minimum absolute atomic E-state index is 0.0345. The summed E-state index contributed by atoms with van der Waals surface area (Å²) in [6.45, 7) is 3.72. The SMILES string of the molecule is CCOc1ccc(N=C2OC(=Cc3sc(=S)n(C[C@@H]4CCCO4)c3O)N=C2C#N)cc1. The van der Waals surface area contributed by atoms with Crippen LogP contribution in [0.4, 0.5) is 5.69 Å². The molecule has 0 saturated carbocycles. The molecule has 1 fully saturated rings. The predicted octanol–water partition coefficient (Wildman–Crippen LogP) is 4.59. The Hall–Kier alpha value is -3.00. The van der Waals surface area contributed by atoms with Crippen LogP contribution in [-0.2, 0) is 16.0 Å². The van der Waals surface area contributed by atoms with Crippen molar-refractivity contribution in [2.45, 2.75) is 32.4 Å². The molecule has 0 aliphatic carbocycles. The quantitative estimate of drug-likeness (QED) is 0.638. The molecular weight excluding hydrogens is 436 g/mol. The van der Waals surface area contributed by atoms with Crippen molar-refractivity contribution in [2.24, 2.45) is 9.98 Å². The first kappa shape index (κ1) is 21.2. The average molecular weight is 457 g/mol. The van der Waals surface area contributed by atoms with Crippen LogP contribution in [0, 0.1) is 15.3 Å². The highest BCUT2D eigenvalue weighted by Crippen LogP contribution is 2.31. The summed E-state index contributed by atoms with van der Waals surface area (Å²) < 4.78 is 18.9. The highest BCUT2D eigenvalue weighted by atomic mass is 32.1. The lowest BCUT2D eigenvalue weighted by molar-refractivity contribution is 0.0948.